The maximum absolute atomic E-state index is 10.7. The molecule has 0 aromatic rings. The first-order chi connectivity index (χ1) is 7.33. The third kappa shape index (κ3) is 3.87. The van der Waals surface area contributed by atoms with Gasteiger partial charge in [0.2, 0.25) is 0 Å². The zero-order chi connectivity index (χ0) is 12.3. The Morgan fingerprint density at radius 2 is 2.06 bits per heavy atom. The number of rotatable bonds is 3. The lowest BCUT2D eigenvalue weighted by Gasteiger charge is -2.34. The molecule has 0 saturated carbocycles. The van der Waals surface area contributed by atoms with Crippen molar-refractivity contribution >= 4 is 7.60 Å². The molecule has 4 atom stereocenters. The van der Waals surface area contributed by atoms with Gasteiger partial charge < -0.3 is 24.7 Å². The van der Waals surface area contributed by atoms with E-state index in [-0.39, 0.29) is 19.0 Å². The van der Waals surface area contributed by atoms with E-state index in [0.29, 0.717) is 0 Å². The number of hydrogen-bond donors (Lipinski definition) is 4. The summed E-state index contributed by atoms with van der Waals surface area (Å²) in [5.74, 6) is 2.18. The molecular formula is C9H15O6P. The molecule has 1 saturated heterocycles. The van der Waals surface area contributed by atoms with Gasteiger partial charge in [0.1, 0.15) is 12.2 Å². The van der Waals surface area contributed by atoms with Crippen molar-refractivity contribution in [2.24, 2.45) is 0 Å². The minimum absolute atomic E-state index is 0.103. The van der Waals surface area contributed by atoms with Crippen molar-refractivity contribution in [1.82, 2.24) is 0 Å². The van der Waals surface area contributed by atoms with E-state index < -0.39 is 32.0 Å². The zero-order valence-corrected chi connectivity index (χ0v) is 9.46. The van der Waals surface area contributed by atoms with Crippen molar-refractivity contribution in [1.29, 1.82) is 0 Å². The molecule has 0 spiro atoms. The molecule has 92 valence electrons. The Bertz CT molecular complexity index is 318. The van der Waals surface area contributed by atoms with Crippen molar-refractivity contribution in [2.45, 2.75) is 37.3 Å². The Morgan fingerprint density at radius 3 is 2.56 bits per heavy atom. The van der Waals surface area contributed by atoms with Gasteiger partial charge in [-0.25, -0.2) is 0 Å². The van der Waals surface area contributed by atoms with E-state index >= 15 is 0 Å². The fourth-order valence-electron chi connectivity index (χ4n) is 1.59. The molecular weight excluding hydrogens is 235 g/mol. The van der Waals surface area contributed by atoms with Gasteiger partial charge in [-0.3, -0.25) is 4.57 Å². The molecule has 0 radical (unpaired) electrons. The standard InChI is InChI=1S/C9H15O6P/c1-2-8-9(11)7(10)5-6(15-8)3-4-16(12,13)14/h1,6-11H,3-5H2,(H2,12,13,14). The summed E-state index contributed by atoms with van der Waals surface area (Å²) < 4.78 is 15.9. The van der Waals surface area contributed by atoms with E-state index in [1.165, 1.54) is 0 Å². The van der Waals surface area contributed by atoms with Gasteiger partial charge in [0.15, 0.2) is 0 Å². The smallest absolute Gasteiger partial charge is 0.325 e. The Morgan fingerprint density at radius 1 is 1.44 bits per heavy atom. The summed E-state index contributed by atoms with van der Waals surface area (Å²) in [6, 6.07) is 0. The fourth-order valence-corrected chi connectivity index (χ4v) is 2.21. The van der Waals surface area contributed by atoms with Gasteiger partial charge in [-0.1, -0.05) is 5.92 Å². The average molecular weight is 250 g/mol. The first kappa shape index (κ1) is 13.7. The van der Waals surface area contributed by atoms with Crippen molar-refractivity contribution < 1.29 is 29.3 Å². The van der Waals surface area contributed by atoms with Crippen molar-refractivity contribution in [3.63, 3.8) is 0 Å². The predicted octanol–water partition coefficient (Wildman–Crippen LogP) is -0.933. The largest absolute Gasteiger partial charge is 0.390 e. The van der Waals surface area contributed by atoms with E-state index in [9.17, 15) is 14.8 Å². The molecule has 0 aromatic carbocycles. The number of ether oxygens (including phenoxy) is 1. The molecule has 1 aliphatic heterocycles. The summed E-state index contributed by atoms with van der Waals surface area (Å²) in [5.41, 5.74) is 0. The lowest BCUT2D eigenvalue weighted by molar-refractivity contribution is -0.147. The van der Waals surface area contributed by atoms with Crippen LogP contribution in [-0.2, 0) is 9.30 Å². The van der Waals surface area contributed by atoms with Crippen molar-refractivity contribution in [2.75, 3.05) is 6.16 Å². The summed E-state index contributed by atoms with van der Waals surface area (Å²) in [4.78, 5) is 17.4. The molecule has 16 heavy (non-hydrogen) atoms. The van der Waals surface area contributed by atoms with Gasteiger partial charge in [0, 0.05) is 6.42 Å². The summed E-state index contributed by atoms with van der Waals surface area (Å²) in [6.07, 6.45) is 1.39. The van der Waals surface area contributed by atoms with Crippen molar-refractivity contribution in [3.8, 4) is 12.3 Å². The van der Waals surface area contributed by atoms with E-state index in [1.807, 2.05) is 0 Å². The summed E-state index contributed by atoms with van der Waals surface area (Å²) in [5, 5.41) is 18.9. The SMILES string of the molecule is C#CC1OC(CCP(=O)(O)O)CC(O)C1O. The highest BCUT2D eigenvalue weighted by Crippen LogP contribution is 2.37. The number of aliphatic hydroxyl groups is 2. The van der Waals surface area contributed by atoms with Gasteiger partial charge >= 0.3 is 7.60 Å². The van der Waals surface area contributed by atoms with Crippen LogP contribution < -0.4 is 0 Å². The maximum atomic E-state index is 10.7. The van der Waals surface area contributed by atoms with Crippen LogP contribution in [0.25, 0.3) is 0 Å². The highest BCUT2D eigenvalue weighted by molar-refractivity contribution is 7.51. The van der Waals surface area contributed by atoms with Crippen LogP contribution in [0.15, 0.2) is 0 Å². The molecule has 4 N–H and O–H groups in total. The Labute approximate surface area is 93.4 Å². The number of terminal acetylenes is 1. The van der Waals surface area contributed by atoms with Gasteiger partial charge in [-0.2, -0.15) is 0 Å². The van der Waals surface area contributed by atoms with E-state index in [1.54, 1.807) is 0 Å². The molecule has 1 fully saturated rings. The topological polar surface area (TPSA) is 107 Å². The lowest BCUT2D eigenvalue weighted by Crippen LogP contribution is -2.47. The number of aliphatic hydroxyl groups excluding tert-OH is 2. The Balaban J connectivity index is 2.52. The second kappa shape index (κ2) is 5.28. The van der Waals surface area contributed by atoms with Crippen LogP contribution in [-0.4, -0.2) is 50.6 Å². The first-order valence-electron chi connectivity index (χ1n) is 4.86. The quantitative estimate of drug-likeness (QED) is 0.380. The second-order valence-corrected chi connectivity index (χ2v) is 5.59. The van der Waals surface area contributed by atoms with Crippen LogP contribution in [0.4, 0.5) is 0 Å². The fraction of sp³-hybridized carbons (Fsp3) is 0.778. The second-order valence-electron chi connectivity index (χ2n) is 3.82. The maximum Gasteiger partial charge on any atom is 0.325 e. The van der Waals surface area contributed by atoms with Gasteiger partial charge in [-0.15, -0.1) is 6.42 Å². The van der Waals surface area contributed by atoms with Crippen LogP contribution in [0, 0.1) is 12.3 Å². The van der Waals surface area contributed by atoms with Gasteiger partial charge in [0.25, 0.3) is 0 Å². The van der Waals surface area contributed by atoms with Crippen LogP contribution in [0.3, 0.4) is 0 Å². The van der Waals surface area contributed by atoms with E-state index in [0.717, 1.165) is 0 Å². The Hall–Kier alpha value is -0.410. The molecule has 0 aromatic heterocycles. The summed E-state index contributed by atoms with van der Waals surface area (Å²) in [6.45, 7) is 0. The molecule has 7 heteroatoms. The van der Waals surface area contributed by atoms with E-state index in [2.05, 4.69) is 5.92 Å². The minimum atomic E-state index is -4.07. The molecule has 0 aliphatic carbocycles. The molecule has 4 unspecified atom stereocenters. The first-order valence-corrected chi connectivity index (χ1v) is 6.65. The van der Waals surface area contributed by atoms with Crippen molar-refractivity contribution in [3.05, 3.63) is 0 Å². The minimum Gasteiger partial charge on any atom is -0.390 e. The van der Waals surface area contributed by atoms with Crippen LogP contribution in [0.2, 0.25) is 0 Å². The molecule has 1 heterocycles. The van der Waals surface area contributed by atoms with Gasteiger partial charge in [0.05, 0.1) is 18.4 Å². The predicted molar refractivity (Wildman–Crippen MR) is 55.7 cm³/mol. The lowest BCUT2D eigenvalue weighted by atomic mass is 9.97. The zero-order valence-electron chi connectivity index (χ0n) is 8.56. The van der Waals surface area contributed by atoms with Crippen LogP contribution in [0.5, 0.6) is 0 Å². The number of hydrogen-bond acceptors (Lipinski definition) is 4. The molecule has 0 amide bonds. The summed E-state index contributed by atoms with van der Waals surface area (Å²) in [7, 11) is -4.07. The molecule has 0 bridgehead atoms. The third-order valence-electron chi connectivity index (χ3n) is 2.45. The highest BCUT2D eigenvalue weighted by atomic mass is 31.2. The summed E-state index contributed by atoms with van der Waals surface area (Å²) >= 11 is 0. The van der Waals surface area contributed by atoms with E-state index in [4.69, 9.17) is 20.9 Å². The monoisotopic (exact) mass is 250 g/mol. The molecule has 1 aliphatic rings. The van der Waals surface area contributed by atoms with Crippen LogP contribution in [0.1, 0.15) is 12.8 Å². The Kier molecular flexibility index (Phi) is 4.51. The normalized spacial score (nSPS) is 35.7. The molecule has 6 nitrogen and oxygen atoms in total. The average Bonchev–Trinajstić information content (AvgIpc) is 2.18. The highest BCUT2D eigenvalue weighted by Gasteiger charge is 2.36. The third-order valence-corrected chi connectivity index (χ3v) is 3.30. The van der Waals surface area contributed by atoms with Gasteiger partial charge in [-0.05, 0) is 6.42 Å². The van der Waals surface area contributed by atoms with Crippen LogP contribution >= 0.6 is 7.60 Å². The molecule has 1 rings (SSSR count).